The van der Waals surface area contributed by atoms with Gasteiger partial charge in [-0.05, 0) is 35.8 Å². The minimum absolute atomic E-state index is 0.00333. The summed E-state index contributed by atoms with van der Waals surface area (Å²) < 4.78 is 23.2. The van der Waals surface area contributed by atoms with Crippen molar-refractivity contribution in [3.05, 3.63) is 87.8 Å². The van der Waals surface area contributed by atoms with E-state index in [4.69, 9.17) is 0 Å². The van der Waals surface area contributed by atoms with Crippen LogP contribution in [-0.4, -0.2) is 43.7 Å². The minimum atomic E-state index is -3.35. The van der Waals surface area contributed by atoms with Gasteiger partial charge in [0.1, 0.15) is 11.1 Å². The van der Waals surface area contributed by atoms with Crippen molar-refractivity contribution < 1.29 is 22.8 Å². The molecule has 1 aliphatic heterocycles. The van der Waals surface area contributed by atoms with Crippen molar-refractivity contribution >= 4 is 49.8 Å². The summed E-state index contributed by atoms with van der Waals surface area (Å²) in [5, 5.41) is 13.0. The molecule has 1 aromatic heterocycles. The third-order valence-electron chi connectivity index (χ3n) is 6.16. The Kier molecular flexibility index (Phi) is 8.20. The third-order valence-corrected chi connectivity index (χ3v) is 8.42. The summed E-state index contributed by atoms with van der Waals surface area (Å²) in [6.07, 6.45) is 4.71. The Morgan fingerprint density at radius 2 is 1.79 bits per heavy atom. The van der Waals surface area contributed by atoms with Crippen LogP contribution in [0.2, 0.25) is 0 Å². The number of carbonyl (C=O) groups excluding carboxylic acids is 3. The number of thiophene rings is 1. The maximum atomic E-state index is 12.8. The van der Waals surface area contributed by atoms with Crippen molar-refractivity contribution in [3.63, 3.8) is 0 Å². The highest BCUT2D eigenvalue weighted by molar-refractivity contribution is 7.90. The van der Waals surface area contributed by atoms with Gasteiger partial charge in [-0.3, -0.25) is 14.4 Å². The Balaban J connectivity index is 1.36. The normalized spacial score (nSPS) is 13.1. The van der Waals surface area contributed by atoms with Gasteiger partial charge in [-0.25, -0.2) is 8.42 Å². The van der Waals surface area contributed by atoms with Gasteiger partial charge in [0.25, 0.3) is 0 Å². The second-order valence-corrected chi connectivity index (χ2v) is 12.0. The van der Waals surface area contributed by atoms with Crippen LogP contribution in [0.4, 0.5) is 5.00 Å². The van der Waals surface area contributed by atoms with Gasteiger partial charge in [0, 0.05) is 42.2 Å². The molecule has 2 heterocycles. The van der Waals surface area contributed by atoms with Crippen LogP contribution in [0.15, 0.2) is 65.6 Å². The molecule has 194 valence electrons. The molecule has 8 nitrogen and oxygen atoms in total. The molecule has 0 atom stereocenters. The zero-order valence-electron chi connectivity index (χ0n) is 20.6. The Morgan fingerprint density at radius 1 is 1.08 bits per heavy atom. The summed E-state index contributed by atoms with van der Waals surface area (Å²) in [4.78, 5) is 40.4. The van der Waals surface area contributed by atoms with Gasteiger partial charge in [-0.2, -0.15) is 5.26 Å². The molecule has 1 N–H and O–H groups in total. The largest absolute Gasteiger partial charge is 0.337 e. The van der Waals surface area contributed by atoms with Crippen LogP contribution in [0.25, 0.3) is 6.08 Å². The fourth-order valence-electron chi connectivity index (χ4n) is 4.12. The van der Waals surface area contributed by atoms with E-state index in [9.17, 15) is 28.1 Å². The van der Waals surface area contributed by atoms with Crippen LogP contribution >= 0.6 is 11.3 Å². The number of nitrogens with zero attached hydrogens (tertiary/aromatic N) is 2. The molecule has 3 aromatic rings. The summed E-state index contributed by atoms with van der Waals surface area (Å²) in [5.41, 5.74) is 2.49. The summed E-state index contributed by atoms with van der Waals surface area (Å²) in [6.45, 7) is 0.719. The maximum Gasteiger partial charge on any atom is 0.249 e. The number of hydrogen-bond donors (Lipinski definition) is 1. The lowest BCUT2D eigenvalue weighted by atomic mass is 10.0. The molecular weight excluding hydrogens is 522 g/mol. The highest BCUT2D eigenvalue weighted by atomic mass is 32.2. The molecule has 0 spiro atoms. The number of hydrogen-bond acceptors (Lipinski definition) is 7. The molecule has 2 amide bonds. The first-order chi connectivity index (χ1) is 18.2. The quantitative estimate of drug-likeness (QED) is 0.333. The van der Waals surface area contributed by atoms with E-state index < -0.39 is 9.84 Å². The number of Topliss-reactive ketones (excluding diaryl/α,β-unsaturated/α-hetero) is 1. The number of amides is 2. The lowest BCUT2D eigenvalue weighted by Gasteiger charge is -2.27. The van der Waals surface area contributed by atoms with E-state index in [-0.39, 0.29) is 35.3 Å². The molecule has 38 heavy (non-hydrogen) atoms. The van der Waals surface area contributed by atoms with Crippen molar-refractivity contribution in [2.75, 3.05) is 18.1 Å². The van der Waals surface area contributed by atoms with Gasteiger partial charge in [-0.15, -0.1) is 11.3 Å². The van der Waals surface area contributed by atoms with Crippen molar-refractivity contribution in [2.45, 2.75) is 30.7 Å². The molecule has 0 fully saturated rings. The van der Waals surface area contributed by atoms with Crippen LogP contribution in [-0.2, 0) is 32.4 Å². The summed E-state index contributed by atoms with van der Waals surface area (Å²) in [6, 6.07) is 17.3. The standard InChI is InChI=1S/C28H25N3O5S2/c1-38(35,36)21-10-8-20(9-11-21)24(32)12-14-27(34)31-16-15-22-23(17-29)28(37-25(22)18-31)30-26(33)13-7-19-5-3-2-4-6-19/h2-11,13H,12,14-16,18H2,1H3,(H,30,33). The number of benzene rings is 2. The number of anilines is 1. The van der Waals surface area contributed by atoms with E-state index >= 15 is 0 Å². The summed E-state index contributed by atoms with van der Waals surface area (Å²) >= 11 is 1.28. The molecule has 10 heteroatoms. The number of ketones is 1. The molecule has 0 radical (unpaired) electrons. The molecule has 2 aromatic carbocycles. The molecule has 0 unspecified atom stereocenters. The number of fused-ring (bicyclic) bond motifs is 1. The van der Waals surface area contributed by atoms with Crippen LogP contribution in [0, 0.1) is 11.3 Å². The SMILES string of the molecule is CS(=O)(=O)c1ccc(C(=O)CCC(=O)N2CCc3c(sc(NC(=O)C=Cc4ccccc4)c3C#N)C2)cc1. The Morgan fingerprint density at radius 3 is 2.45 bits per heavy atom. The van der Waals surface area contributed by atoms with Gasteiger partial charge in [0.05, 0.1) is 17.0 Å². The van der Waals surface area contributed by atoms with Crippen LogP contribution < -0.4 is 5.32 Å². The van der Waals surface area contributed by atoms with Gasteiger partial charge in [0.2, 0.25) is 11.8 Å². The van der Waals surface area contributed by atoms with E-state index in [0.717, 1.165) is 22.3 Å². The van der Waals surface area contributed by atoms with Crippen LogP contribution in [0.3, 0.4) is 0 Å². The molecule has 0 saturated heterocycles. The van der Waals surface area contributed by atoms with Gasteiger partial charge >= 0.3 is 0 Å². The van der Waals surface area contributed by atoms with Crippen molar-refractivity contribution in [2.24, 2.45) is 0 Å². The van der Waals surface area contributed by atoms with Crippen LogP contribution in [0.1, 0.15) is 44.8 Å². The van der Waals surface area contributed by atoms with E-state index in [2.05, 4.69) is 11.4 Å². The van der Waals surface area contributed by atoms with Crippen molar-refractivity contribution in [1.29, 1.82) is 5.26 Å². The maximum absolute atomic E-state index is 12.8. The summed E-state index contributed by atoms with van der Waals surface area (Å²) in [5.74, 6) is -0.771. The fraction of sp³-hybridized carbons (Fsp3) is 0.214. The average Bonchev–Trinajstić information content (AvgIpc) is 3.26. The fourth-order valence-corrected chi connectivity index (χ4v) is 5.97. The molecule has 1 aliphatic rings. The second-order valence-electron chi connectivity index (χ2n) is 8.84. The second kappa shape index (κ2) is 11.5. The molecular formula is C28H25N3O5S2. The Labute approximate surface area is 225 Å². The van der Waals surface area contributed by atoms with E-state index in [1.807, 2.05) is 30.3 Å². The topological polar surface area (TPSA) is 124 Å². The van der Waals surface area contributed by atoms with E-state index in [0.29, 0.717) is 35.6 Å². The minimum Gasteiger partial charge on any atom is -0.337 e. The number of carbonyl (C=O) groups is 3. The summed E-state index contributed by atoms with van der Waals surface area (Å²) in [7, 11) is -3.35. The molecule has 0 bridgehead atoms. The third kappa shape index (κ3) is 6.43. The van der Waals surface area contributed by atoms with Gasteiger partial charge in [-0.1, -0.05) is 42.5 Å². The van der Waals surface area contributed by atoms with E-state index in [1.54, 1.807) is 11.0 Å². The predicted octanol–water partition coefficient (Wildman–Crippen LogP) is 4.22. The zero-order valence-corrected chi connectivity index (χ0v) is 22.3. The first kappa shape index (κ1) is 27.0. The molecule has 0 aliphatic carbocycles. The first-order valence-corrected chi connectivity index (χ1v) is 14.6. The van der Waals surface area contributed by atoms with Gasteiger partial charge < -0.3 is 10.2 Å². The number of rotatable bonds is 8. The van der Waals surface area contributed by atoms with Crippen molar-refractivity contribution in [1.82, 2.24) is 4.90 Å². The Hall–Kier alpha value is -4.07. The number of nitrogens with one attached hydrogen (secondary N) is 1. The number of nitriles is 1. The number of sulfone groups is 1. The van der Waals surface area contributed by atoms with Gasteiger partial charge in [0.15, 0.2) is 15.6 Å². The Bertz CT molecular complexity index is 1550. The highest BCUT2D eigenvalue weighted by Gasteiger charge is 2.27. The lowest BCUT2D eigenvalue weighted by molar-refractivity contribution is -0.132. The van der Waals surface area contributed by atoms with Crippen LogP contribution in [0.5, 0.6) is 0 Å². The average molecular weight is 548 g/mol. The lowest BCUT2D eigenvalue weighted by Crippen LogP contribution is -2.35. The molecule has 4 rings (SSSR count). The smallest absolute Gasteiger partial charge is 0.249 e. The first-order valence-electron chi connectivity index (χ1n) is 11.9. The predicted molar refractivity (Wildman–Crippen MR) is 145 cm³/mol. The molecule has 0 saturated carbocycles. The monoisotopic (exact) mass is 547 g/mol. The van der Waals surface area contributed by atoms with Crippen molar-refractivity contribution in [3.8, 4) is 6.07 Å². The highest BCUT2D eigenvalue weighted by Crippen LogP contribution is 2.37. The van der Waals surface area contributed by atoms with E-state index in [1.165, 1.54) is 41.7 Å². The zero-order chi connectivity index (χ0) is 27.3.